The van der Waals surface area contributed by atoms with Gasteiger partial charge < -0.3 is 10.6 Å². The molecule has 1 heterocycles. The molecule has 18 heavy (non-hydrogen) atoms. The molecule has 1 saturated carbocycles. The number of rotatable bonds is 5. The van der Waals surface area contributed by atoms with Gasteiger partial charge in [-0.1, -0.05) is 26.7 Å². The van der Waals surface area contributed by atoms with Crippen LogP contribution < -0.4 is 5.73 Å². The van der Waals surface area contributed by atoms with Crippen LogP contribution in [0.1, 0.15) is 58.8 Å². The molecular formula is C15H29N3. The minimum absolute atomic E-state index is 0.136. The van der Waals surface area contributed by atoms with Crippen molar-refractivity contribution >= 4 is 5.84 Å². The van der Waals surface area contributed by atoms with Gasteiger partial charge in [0.25, 0.3) is 0 Å². The topological polar surface area (TPSA) is 53.1 Å². The lowest BCUT2D eigenvalue weighted by Crippen LogP contribution is -2.39. The molecule has 3 heteroatoms. The number of nitrogens with zero attached hydrogens (tertiary/aromatic N) is 1. The Labute approximate surface area is 112 Å². The van der Waals surface area contributed by atoms with E-state index in [0.29, 0.717) is 5.84 Å². The van der Waals surface area contributed by atoms with Crippen LogP contribution in [-0.2, 0) is 0 Å². The van der Waals surface area contributed by atoms with Gasteiger partial charge in [-0.25, -0.2) is 0 Å². The lowest BCUT2D eigenvalue weighted by Gasteiger charge is -2.32. The van der Waals surface area contributed by atoms with Crippen LogP contribution in [0.5, 0.6) is 0 Å². The van der Waals surface area contributed by atoms with Crippen molar-refractivity contribution < 1.29 is 0 Å². The van der Waals surface area contributed by atoms with E-state index in [1.165, 1.54) is 45.1 Å². The van der Waals surface area contributed by atoms with E-state index in [1.807, 2.05) is 0 Å². The van der Waals surface area contributed by atoms with Gasteiger partial charge in [-0.2, -0.15) is 0 Å². The summed E-state index contributed by atoms with van der Waals surface area (Å²) in [6.45, 7) is 6.56. The standard InChI is InChI=1S/C15H29N3/c1-15(2,14(16)17)9-11-18-10-5-8-13(18)12-6-3-4-7-12/h12-13H,3-11H2,1-2H3,(H3,16,17). The second-order valence-electron chi connectivity index (χ2n) is 6.84. The van der Waals surface area contributed by atoms with E-state index in [2.05, 4.69) is 18.7 Å². The Bertz CT molecular complexity index is 292. The highest BCUT2D eigenvalue weighted by Gasteiger charge is 2.34. The zero-order chi connectivity index (χ0) is 13.2. The first-order valence-electron chi connectivity index (χ1n) is 7.59. The average Bonchev–Trinajstić information content (AvgIpc) is 2.96. The number of hydrogen-bond acceptors (Lipinski definition) is 2. The molecule has 1 saturated heterocycles. The Balaban J connectivity index is 1.86. The third-order valence-corrected chi connectivity index (χ3v) is 5.11. The fourth-order valence-electron chi connectivity index (χ4n) is 3.56. The van der Waals surface area contributed by atoms with Crippen molar-refractivity contribution in [1.82, 2.24) is 4.90 Å². The number of hydrogen-bond donors (Lipinski definition) is 2. The lowest BCUT2D eigenvalue weighted by atomic mass is 9.87. The Hall–Kier alpha value is -0.570. The molecule has 104 valence electrons. The van der Waals surface area contributed by atoms with Gasteiger partial charge in [0.2, 0.25) is 0 Å². The van der Waals surface area contributed by atoms with Gasteiger partial charge in [0, 0.05) is 11.5 Å². The summed E-state index contributed by atoms with van der Waals surface area (Å²) in [4.78, 5) is 2.68. The summed E-state index contributed by atoms with van der Waals surface area (Å²) >= 11 is 0. The first-order valence-corrected chi connectivity index (χ1v) is 7.59. The molecular weight excluding hydrogens is 222 g/mol. The van der Waals surface area contributed by atoms with Gasteiger partial charge in [0.15, 0.2) is 0 Å². The first kappa shape index (κ1) is 13.9. The van der Waals surface area contributed by atoms with Gasteiger partial charge in [-0.3, -0.25) is 5.41 Å². The minimum atomic E-state index is -0.136. The molecule has 1 aliphatic heterocycles. The minimum Gasteiger partial charge on any atom is -0.387 e. The summed E-state index contributed by atoms with van der Waals surface area (Å²) < 4.78 is 0. The Morgan fingerprint density at radius 2 is 1.89 bits per heavy atom. The average molecular weight is 251 g/mol. The van der Waals surface area contributed by atoms with Crippen LogP contribution >= 0.6 is 0 Å². The van der Waals surface area contributed by atoms with E-state index in [1.54, 1.807) is 0 Å². The molecule has 2 aliphatic rings. The van der Waals surface area contributed by atoms with Crippen LogP contribution in [-0.4, -0.2) is 29.9 Å². The summed E-state index contributed by atoms with van der Waals surface area (Å²) in [7, 11) is 0. The van der Waals surface area contributed by atoms with Crippen molar-refractivity contribution in [2.45, 2.75) is 64.8 Å². The Morgan fingerprint density at radius 3 is 2.50 bits per heavy atom. The summed E-state index contributed by atoms with van der Waals surface area (Å²) in [5.41, 5.74) is 5.54. The molecule has 1 atom stereocenters. The van der Waals surface area contributed by atoms with Crippen LogP contribution in [0.4, 0.5) is 0 Å². The molecule has 3 N–H and O–H groups in total. The predicted molar refractivity (Wildman–Crippen MR) is 76.9 cm³/mol. The second kappa shape index (κ2) is 5.60. The fraction of sp³-hybridized carbons (Fsp3) is 0.933. The van der Waals surface area contributed by atoms with E-state index in [9.17, 15) is 0 Å². The number of amidine groups is 1. The van der Waals surface area contributed by atoms with Gasteiger partial charge in [0.1, 0.15) is 0 Å². The normalized spacial score (nSPS) is 26.9. The van der Waals surface area contributed by atoms with E-state index in [4.69, 9.17) is 11.1 Å². The molecule has 1 unspecified atom stereocenters. The monoisotopic (exact) mass is 251 g/mol. The molecule has 0 aromatic heterocycles. The van der Waals surface area contributed by atoms with Crippen molar-refractivity contribution in [2.24, 2.45) is 17.1 Å². The highest BCUT2D eigenvalue weighted by atomic mass is 15.2. The van der Waals surface area contributed by atoms with Gasteiger partial charge in [-0.15, -0.1) is 0 Å². The predicted octanol–water partition coefficient (Wildman–Crippen LogP) is 2.99. The van der Waals surface area contributed by atoms with Crippen LogP contribution in [0.2, 0.25) is 0 Å². The molecule has 2 rings (SSSR count). The largest absolute Gasteiger partial charge is 0.387 e. The van der Waals surface area contributed by atoms with Crippen LogP contribution in [0.3, 0.4) is 0 Å². The van der Waals surface area contributed by atoms with Crippen molar-refractivity contribution in [3.63, 3.8) is 0 Å². The maximum absolute atomic E-state index is 7.65. The van der Waals surface area contributed by atoms with Crippen molar-refractivity contribution in [3.8, 4) is 0 Å². The molecule has 3 nitrogen and oxygen atoms in total. The number of nitrogens with one attached hydrogen (secondary N) is 1. The first-order chi connectivity index (χ1) is 8.50. The molecule has 0 radical (unpaired) electrons. The molecule has 0 aromatic rings. The van der Waals surface area contributed by atoms with Gasteiger partial charge in [-0.05, 0) is 51.1 Å². The maximum atomic E-state index is 7.65. The summed E-state index contributed by atoms with van der Waals surface area (Å²) in [5.74, 6) is 1.28. The summed E-state index contributed by atoms with van der Waals surface area (Å²) in [5, 5.41) is 7.65. The van der Waals surface area contributed by atoms with Gasteiger partial charge in [0.05, 0.1) is 5.84 Å². The molecule has 0 aromatic carbocycles. The highest BCUT2D eigenvalue weighted by molar-refractivity contribution is 5.82. The maximum Gasteiger partial charge on any atom is 0.0963 e. The van der Waals surface area contributed by atoms with E-state index in [0.717, 1.165) is 24.9 Å². The summed E-state index contributed by atoms with van der Waals surface area (Å²) in [6, 6.07) is 0.829. The molecule has 1 aliphatic carbocycles. The zero-order valence-electron chi connectivity index (χ0n) is 12.0. The highest BCUT2D eigenvalue weighted by Crippen LogP contribution is 2.36. The smallest absolute Gasteiger partial charge is 0.0963 e. The van der Waals surface area contributed by atoms with Gasteiger partial charge >= 0.3 is 0 Å². The third kappa shape index (κ3) is 3.05. The fourth-order valence-corrected chi connectivity index (χ4v) is 3.56. The van der Waals surface area contributed by atoms with Crippen LogP contribution in [0.25, 0.3) is 0 Å². The van der Waals surface area contributed by atoms with E-state index >= 15 is 0 Å². The third-order valence-electron chi connectivity index (χ3n) is 5.11. The quantitative estimate of drug-likeness (QED) is 0.583. The SMILES string of the molecule is CC(C)(CCN1CCCC1C1CCCC1)C(=N)N. The molecule has 2 fully saturated rings. The van der Waals surface area contributed by atoms with Crippen molar-refractivity contribution in [1.29, 1.82) is 5.41 Å². The number of nitrogens with two attached hydrogens (primary N) is 1. The Kier molecular flexibility index (Phi) is 4.31. The second-order valence-corrected chi connectivity index (χ2v) is 6.84. The summed E-state index contributed by atoms with van der Waals surface area (Å²) in [6.07, 6.45) is 9.54. The van der Waals surface area contributed by atoms with E-state index in [-0.39, 0.29) is 5.41 Å². The van der Waals surface area contributed by atoms with E-state index < -0.39 is 0 Å². The molecule has 0 amide bonds. The number of likely N-dealkylation sites (tertiary alicyclic amines) is 1. The van der Waals surface area contributed by atoms with Crippen LogP contribution in [0, 0.1) is 16.7 Å². The molecule has 0 bridgehead atoms. The van der Waals surface area contributed by atoms with Crippen molar-refractivity contribution in [2.75, 3.05) is 13.1 Å². The molecule has 0 spiro atoms. The zero-order valence-corrected chi connectivity index (χ0v) is 12.0. The van der Waals surface area contributed by atoms with Crippen molar-refractivity contribution in [3.05, 3.63) is 0 Å². The Morgan fingerprint density at radius 1 is 1.22 bits per heavy atom. The van der Waals surface area contributed by atoms with Crippen LogP contribution in [0.15, 0.2) is 0 Å². The lowest BCUT2D eigenvalue weighted by molar-refractivity contribution is 0.176.